The number of rotatable bonds is 4. The first-order chi connectivity index (χ1) is 18.1. The highest BCUT2D eigenvalue weighted by Crippen LogP contribution is 2.41. The van der Waals surface area contributed by atoms with Crippen LogP contribution in [0.2, 0.25) is 0 Å². The van der Waals surface area contributed by atoms with E-state index in [1.807, 2.05) is 0 Å². The van der Waals surface area contributed by atoms with E-state index in [0.717, 1.165) is 39.8 Å². The molecule has 2 heteroatoms. The molecule has 2 aliphatic rings. The molecule has 1 aliphatic heterocycles. The van der Waals surface area contributed by atoms with Crippen LogP contribution in [0.25, 0.3) is 33.4 Å². The van der Waals surface area contributed by atoms with Gasteiger partial charge in [0.25, 0.3) is 0 Å². The molecule has 1 heterocycles. The SMILES string of the molecule is Cc1ccccc1Cc1ccc2c(-c3ccccc3C)c3ccc(=[NH+]c4ccccc4C)cc-3oc2c1. The van der Waals surface area contributed by atoms with Gasteiger partial charge in [-0.2, -0.15) is 0 Å². The van der Waals surface area contributed by atoms with Crippen molar-refractivity contribution in [3.8, 4) is 22.5 Å². The zero-order chi connectivity index (χ0) is 25.4. The molecule has 0 saturated heterocycles. The Bertz CT molecular complexity index is 1790. The molecule has 1 aliphatic carbocycles. The van der Waals surface area contributed by atoms with Gasteiger partial charge in [0.05, 0.1) is 6.07 Å². The van der Waals surface area contributed by atoms with Gasteiger partial charge in [0, 0.05) is 34.2 Å². The Labute approximate surface area is 217 Å². The Morgan fingerprint density at radius 1 is 0.622 bits per heavy atom. The van der Waals surface area contributed by atoms with Crippen LogP contribution in [0.15, 0.2) is 114 Å². The van der Waals surface area contributed by atoms with E-state index in [2.05, 4.69) is 135 Å². The maximum Gasteiger partial charge on any atom is 0.207 e. The molecule has 0 amide bonds. The van der Waals surface area contributed by atoms with Gasteiger partial charge in [0.1, 0.15) is 11.3 Å². The molecule has 4 aromatic rings. The van der Waals surface area contributed by atoms with Gasteiger partial charge in [0.2, 0.25) is 11.0 Å². The molecule has 1 N–H and O–H groups in total. The minimum Gasteiger partial charge on any atom is -0.456 e. The number of nitrogens with one attached hydrogen (secondary N) is 1. The molecular formula is C35H30NO+. The Hall–Kier alpha value is -4.43. The van der Waals surface area contributed by atoms with Gasteiger partial charge >= 0.3 is 0 Å². The molecule has 0 radical (unpaired) electrons. The third-order valence-corrected chi connectivity index (χ3v) is 7.28. The smallest absolute Gasteiger partial charge is 0.207 e. The van der Waals surface area contributed by atoms with Crippen molar-refractivity contribution >= 4 is 16.7 Å². The summed E-state index contributed by atoms with van der Waals surface area (Å²) in [4.78, 5) is 3.57. The Morgan fingerprint density at radius 3 is 2.14 bits per heavy atom. The van der Waals surface area contributed by atoms with Crippen LogP contribution >= 0.6 is 0 Å². The van der Waals surface area contributed by atoms with E-state index >= 15 is 0 Å². The van der Waals surface area contributed by atoms with Crippen molar-refractivity contribution in [1.82, 2.24) is 0 Å². The van der Waals surface area contributed by atoms with Gasteiger partial charge in [-0.15, -0.1) is 0 Å². The van der Waals surface area contributed by atoms with E-state index in [0.29, 0.717) is 0 Å². The summed E-state index contributed by atoms with van der Waals surface area (Å²) in [7, 11) is 0. The molecule has 0 aromatic heterocycles. The third kappa shape index (κ3) is 4.47. The van der Waals surface area contributed by atoms with E-state index in [-0.39, 0.29) is 0 Å². The summed E-state index contributed by atoms with van der Waals surface area (Å²) in [5, 5.41) is 2.15. The Kier molecular flexibility index (Phi) is 5.94. The summed E-state index contributed by atoms with van der Waals surface area (Å²) in [6.07, 6.45) is 0.880. The first kappa shape index (κ1) is 23.0. The van der Waals surface area contributed by atoms with Crippen molar-refractivity contribution in [2.75, 3.05) is 0 Å². The molecule has 6 rings (SSSR count). The fourth-order valence-corrected chi connectivity index (χ4v) is 5.16. The zero-order valence-electron chi connectivity index (χ0n) is 21.5. The van der Waals surface area contributed by atoms with Crippen molar-refractivity contribution in [2.45, 2.75) is 27.2 Å². The lowest BCUT2D eigenvalue weighted by molar-refractivity contribution is -0.403. The van der Waals surface area contributed by atoms with Crippen molar-refractivity contribution in [3.05, 3.63) is 142 Å². The average molecular weight is 481 g/mol. The summed E-state index contributed by atoms with van der Waals surface area (Å²) in [5.74, 6) is 0.873. The molecule has 180 valence electrons. The number of benzene rings is 5. The second kappa shape index (κ2) is 9.55. The summed E-state index contributed by atoms with van der Waals surface area (Å²) in [6.45, 7) is 6.47. The monoisotopic (exact) mass is 480 g/mol. The number of hydrogen-bond donors (Lipinski definition) is 1. The standard InChI is InChI=1S/C35H29NO/c1-23-10-4-7-13-27(23)20-26-16-18-30-33(21-26)37-34-22-28(36-32-15-9-6-12-25(32)3)17-19-31(34)35(30)29-14-8-5-11-24(29)2/h4-19,21-22H,20H2,1-3H3/p+1. The van der Waals surface area contributed by atoms with Crippen LogP contribution in [-0.2, 0) is 6.42 Å². The lowest BCUT2D eigenvalue weighted by Crippen LogP contribution is -2.70. The van der Waals surface area contributed by atoms with Crippen molar-refractivity contribution in [1.29, 1.82) is 0 Å². The topological polar surface area (TPSA) is 27.1 Å². The largest absolute Gasteiger partial charge is 0.456 e. The van der Waals surface area contributed by atoms with Gasteiger partial charge in [-0.25, -0.2) is 4.99 Å². The van der Waals surface area contributed by atoms with E-state index in [9.17, 15) is 0 Å². The van der Waals surface area contributed by atoms with E-state index < -0.39 is 0 Å². The highest BCUT2D eigenvalue weighted by molar-refractivity contribution is 6.02. The summed E-state index contributed by atoms with van der Waals surface area (Å²) >= 11 is 0. The fraction of sp³-hybridized carbons (Fsp3) is 0.114. The fourth-order valence-electron chi connectivity index (χ4n) is 5.16. The first-order valence-corrected chi connectivity index (χ1v) is 12.8. The average Bonchev–Trinajstić information content (AvgIpc) is 2.90. The van der Waals surface area contributed by atoms with E-state index in [4.69, 9.17) is 4.42 Å². The maximum absolute atomic E-state index is 6.63. The molecular weight excluding hydrogens is 450 g/mol. The molecule has 4 aromatic carbocycles. The van der Waals surface area contributed by atoms with Gasteiger partial charge in [-0.05, 0) is 67.1 Å². The lowest BCUT2D eigenvalue weighted by Gasteiger charge is -2.17. The van der Waals surface area contributed by atoms with Crippen LogP contribution in [0.3, 0.4) is 0 Å². The minimum atomic E-state index is 0.873. The number of aryl methyl sites for hydroxylation is 3. The Balaban J connectivity index is 1.58. The summed E-state index contributed by atoms with van der Waals surface area (Å²) in [6, 6.07) is 38.7. The highest BCUT2D eigenvalue weighted by Gasteiger charge is 2.19. The molecule has 37 heavy (non-hydrogen) atoms. The van der Waals surface area contributed by atoms with Crippen molar-refractivity contribution < 1.29 is 9.41 Å². The molecule has 0 unspecified atom stereocenters. The first-order valence-electron chi connectivity index (χ1n) is 12.8. The third-order valence-electron chi connectivity index (χ3n) is 7.28. The predicted octanol–water partition coefficient (Wildman–Crippen LogP) is 7.03. The molecule has 0 fully saturated rings. The van der Waals surface area contributed by atoms with Crippen LogP contribution < -0.4 is 10.3 Å². The van der Waals surface area contributed by atoms with Gasteiger partial charge < -0.3 is 4.42 Å². The van der Waals surface area contributed by atoms with Crippen LogP contribution in [0.5, 0.6) is 0 Å². The van der Waals surface area contributed by atoms with Gasteiger partial charge in [-0.3, -0.25) is 0 Å². The van der Waals surface area contributed by atoms with Crippen molar-refractivity contribution in [2.24, 2.45) is 0 Å². The van der Waals surface area contributed by atoms with Gasteiger partial charge in [0.15, 0.2) is 0 Å². The number of hydrogen-bond acceptors (Lipinski definition) is 1. The van der Waals surface area contributed by atoms with E-state index in [1.54, 1.807) is 0 Å². The second-order valence-electron chi connectivity index (χ2n) is 9.88. The summed E-state index contributed by atoms with van der Waals surface area (Å²) < 4.78 is 6.63. The molecule has 0 atom stereocenters. The van der Waals surface area contributed by atoms with Gasteiger partial charge in [-0.1, -0.05) is 78.9 Å². The second-order valence-corrected chi connectivity index (χ2v) is 9.88. The Morgan fingerprint density at radius 2 is 1.35 bits per heavy atom. The lowest BCUT2D eigenvalue weighted by atomic mass is 9.90. The molecule has 0 spiro atoms. The summed E-state index contributed by atoms with van der Waals surface area (Å²) in [5.41, 5.74) is 11.9. The molecule has 0 saturated carbocycles. The van der Waals surface area contributed by atoms with Crippen LogP contribution in [0.1, 0.15) is 27.8 Å². The maximum atomic E-state index is 6.63. The van der Waals surface area contributed by atoms with Crippen LogP contribution in [-0.4, -0.2) is 0 Å². The molecule has 2 nitrogen and oxygen atoms in total. The number of para-hydroxylation sites is 1. The van der Waals surface area contributed by atoms with Crippen LogP contribution in [0.4, 0.5) is 5.69 Å². The normalized spacial score (nSPS) is 11.9. The highest BCUT2D eigenvalue weighted by atomic mass is 16.3. The quantitative estimate of drug-likeness (QED) is 0.269. The minimum absolute atomic E-state index is 0.873. The zero-order valence-corrected chi connectivity index (χ0v) is 21.5. The number of fused-ring (bicyclic) bond motifs is 2. The molecule has 0 bridgehead atoms. The van der Waals surface area contributed by atoms with Crippen LogP contribution in [0, 0.1) is 20.8 Å². The predicted molar refractivity (Wildman–Crippen MR) is 152 cm³/mol. The van der Waals surface area contributed by atoms with E-state index in [1.165, 1.54) is 38.9 Å². The van der Waals surface area contributed by atoms with Crippen molar-refractivity contribution in [3.63, 3.8) is 0 Å².